The van der Waals surface area contributed by atoms with Crippen LogP contribution >= 0.6 is 0 Å². The molecule has 6 heteroatoms. The molecule has 0 aliphatic carbocycles. The lowest BCUT2D eigenvalue weighted by Crippen LogP contribution is -2.38. The Morgan fingerprint density at radius 2 is 1.44 bits per heavy atom. The van der Waals surface area contributed by atoms with Gasteiger partial charge in [-0.05, 0) is 23.8 Å². The fourth-order valence-corrected chi connectivity index (χ4v) is 3.70. The number of nitrogens with zero attached hydrogens (tertiary/aromatic N) is 1. The summed E-state index contributed by atoms with van der Waals surface area (Å²) in [6.07, 6.45) is 0.0424. The number of para-hydroxylation sites is 1. The molecule has 0 fully saturated rings. The molecule has 6 nitrogen and oxygen atoms in total. The van der Waals surface area contributed by atoms with Crippen LogP contribution in [0.2, 0.25) is 0 Å². The maximum Gasteiger partial charge on any atom is 0.258 e. The van der Waals surface area contributed by atoms with E-state index < -0.39 is 6.04 Å². The van der Waals surface area contributed by atoms with Crippen LogP contribution in [-0.4, -0.2) is 29.2 Å². The van der Waals surface area contributed by atoms with Crippen LogP contribution in [-0.2, 0) is 9.59 Å². The van der Waals surface area contributed by atoms with Gasteiger partial charge in [0.1, 0.15) is 6.04 Å². The number of carbonyl (C=O) groups excluding carboxylic acids is 3. The third kappa shape index (κ3) is 4.44. The van der Waals surface area contributed by atoms with Crippen LogP contribution in [0, 0.1) is 0 Å². The second kappa shape index (κ2) is 9.31. The number of anilines is 1. The highest BCUT2D eigenvalue weighted by molar-refractivity contribution is 6.09. The van der Waals surface area contributed by atoms with Gasteiger partial charge in [0.25, 0.3) is 11.8 Å². The molecule has 1 heterocycles. The number of fused-ring (bicyclic) bond motifs is 1. The molecule has 1 aliphatic rings. The van der Waals surface area contributed by atoms with Crippen LogP contribution in [0.1, 0.15) is 33.9 Å². The van der Waals surface area contributed by atoms with Crippen molar-refractivity contribution in [3.63, 3.8) is 0 Å². The lowest BCUT2D eigenvalue weighted by Gasteiger charge is -2.21. The maximum absolute atomic E-state index is 13.0. The number of carbonyl (C=O) groups is 3. The quantitative estimate of drug-likeness (QED) is 0.601. The topological polar surface area (TPSA) is 78.5 Å². The summed E-state index contributed by atoms with van der Waals surface area (Å²) in [5.41, 5.74) is 3.26. The molecule has 2 N–H and O–H groups in total. The second-order valence-electron chi connectivity index (χ2n) is 7.47. The summed E-state index contributed by atoms with van der Waals surface area (Å²) in [5.74, 6) is -0.844. The van der Waals surface area contributed by atoms with E-state index in [4.69, 9.17) is 0 Å². The third-order valence-electron chi connectivity index (χ3n) is 5.34. The molecular weight excluding hydrogens is 402 g/mol. The van der Waals surface area contributed by atoms with Crippen LogP contribution in [0.5, 0.6) is 0 Å². The van der Waals surface area contributed by atoms with Crippen LogP contribution in [0.15, 0.2) is 91.5 Å². The van der Waals surface area contributed by atoms with E-state index in [2.05, 4.69) is 17.2 Å². The summed E-state index contributed by atoms with van der Waals surface area (Å²) < 4.78 is 0. The minimum absolute atomic E-state index is 0.0424. The predicted octanol–water partition coefficient (Wildman–Crippen LogP) is 4.00. The average molecular weight is 425 g/mol. The average Bonchev–Trinajstić information content (AvgIpc) is 3.07. The highest BCUT2D eigenvalue weighted by Crippen LogP contribution is 2.31. The summed E-state index contributed by atoms with van der Waals surface area (Å²) in [7, 11) is 0. The summed E-state index contributed by atoms with van der Waals surface area (Å²) >= 11 is 0. The Morgan fingerprint density at radius 1 is 0.844 bits per heavy atom. The van der Waals surface area contributed by atoms with E-state index in [9.17, 15) is 14.4 Å². The molecule has 3 amide bonds. The molecule has 3 aromatic rings. The van der Waals surface area contributed by atoms with E-state index in [-0.39, 0.29) is 30.7 Å². The Balaban J connectivity index is 1.43. The van der Waals surface area contributed by atoms with Crippen LogP contribution in [0.25, 0.3) is 5.70 Å². The third-order valence-corrected chi connectivity index (χ3v) is 5.34. The molecule has 0 aromatic heterocycles. The molecule has 0 saturated heterocycles. The SMILES string of the molecule is C=C1c2ccccc2C(=O)N1CCC(=O)NC(C(=O)Nc1ccccc1)c1ccccc1. The summed E-state index contributed by atoms with van der Waals surface area (Å²) in [5, 5.41) is 5.65. The smallest absolute Gasteiger partial charge is 0.258 e. The summed E-state index contributed by atoms with van der Waals surface area (Å²) in [4.78, 5) is 39.9. The molecule has 0 spiro atoms. The van der Waals surface area contributed by atoms with Gasteiger partial charge in [0.05, 0.1) is 0 Å². The molecule has 0 bridgehead atoms. The lowest BCUT2D eigenvalue weighted by molar-refractivity contribution is -0.126. The standard InChI is InChI=1S/C26H23N3O3/c1-18-21-14-8-9-15-22(21)26(32)29(18)17-16-23(30)28-24(19-10-4-2-5-11-19)25(31)27-20-12-6-3-7-13-20/h2-15,24H,1,16-17H2,(H,27,31)(H,28,30). The minimum atomic E-state index is -0.862. The van der Waals surface area contributed by atoms with Crippen LogP contribution < -0.4 is 10.6 Å². The minimum Gasteiger partial charge on any atom is -0.340 e. The fraction of sp³-hybridized carbons (Fsp3) is 0.115. The monoisotopic (exact) mass is 425 g/mol. The Labute approximate surface area is 186 Å². The lowest BCUT2D eigenvalue weighted by atomic mass is 10.1. The van der Waals surface area contributed by atoms with Crippen LogP contribution in [0.3, 0.4) is 0 Å². The molecule has 4 rings (SSSR count). The molecule has 1 aliphatic heterocycles. The van der Waals surface area contributed by atoms with E-state index in [1.54, 1.807) is 36.4 Å². The number of hydrogen-bond donors (Lipinski definition) is 2. The van der Waals surface area contributed by atoms with E-state index >= 15 is 0 Å². The first-order valence-corrected chi connectivity index (χ1v) is 10.3. The van der Waals surface area contributed by atoms with Gasteiger partial charge in [-0.3, -0.25) is 14.4 Å². The molecule has 0 radical (unpaired) electrons. The van der Waals surface area contributed by atoms with Gasteiger partial charge in [-0.2, -0.15) is 0 Å². The molecular formula is C26H23N3O3. The highest BCUT2D eigenvalue weighted by atomic mass is 16.2. The zero-order chi connectivity index (χ0) is 22.5. The van der Waals surface area contributed by atoms with Crippen molar-refractivity contribution in [2.45, 2.75) is 12.5 Å². The van der Waals surface area contributed by atoms with Crippen molar-refractivity contribution in [3.05, 3.63) is 108 Å². The van der Waals surface area contributed by atoms with Crippen molar-refractivity contribution in [2.24, 2.45) is 0 Å². The summed E-state index contributed by atoms with van der Waals surface area (Å²) in [6, 6.07) is 24.5. The van der Waals surface area contributed by atoms with E-state index in [1.165, 1.54) is 4.90 Å². The number of benzene rings is 3. The van der Waals surface area contributed by atoms with Crippen molar-refractivity contribution < 1.29 is 14.4 Å². The second-order valence-corrected chi connectivity index (χ2v) is 7.47. The number of nitrogens with one attached hydrogen (secondary N) is 2. The fourth-order valence-electron chi connectivity index (χ4n) is 3.70. The maximum atomic E-state index is 13.0. The number of rotatable bonds is 7. The molecule has 3 aromatic carbocycles. The zero-order valence-corrected chi connectivity index (χ0v) is 17.5. The van der Waals surface area contributed by atoms with Gasteiger partial charge in [0.2, 0.25) is 5.91 Å². The zero-order valence-electron chi connectivity index (χ0n) is 17.5. The van der Waals surface area contributed by atoms with Gasteiger partial charge in [-0.15, -0.1) is 0 Å². The molecule has 160 valence electrons. The molecule has 32 heavy (non-hydrogen) atoms. The van der Waals surface area contributed by atoms with Crippen molar-refractivity contribution in [3.8, 4) is 0 Å². The highest BCUT2D eigenvalue weighted by Gasteiger charge is 2.31. The van der Waals surface area contributed by atoms with Gasteiger partial charge in [-0.1, -0.05) is 73.3 Å². The number of amides is 3. The summed E-state index contributed by atoms with van der Waals surface area (Å²) in [6.45, 7) is 4.18. The van der Waals surface area contributed by atoms with E-state index in [0.717, 1.165) is 5.56 Å². The van der Waals surface area contributed by atoms with Gasteiger partial charge in [0, 0.05) is 35.5 Å². The van der Waals surface area contributed by atoms with Crippen molar-refractivity contribution in [1.82, 2.24) is 10.2 Å². The molecule has 1 unspecified atom stereocenters. The Bertz CT molecular complexity index is 1120. The van der Waals surface area contributed by atoms with Gasteiger partial charge >= 0.3 is 0 Å². The van der Waals surface area contributed by atoms with Crippen molar-refractivity contribution in [1.29, 1.82) is 0 Å². The predicted molar refractivity (Wildman–Crippen MR) is 124 cm³/mol. The van der Waals surface area contributed by atoms with Gasteiger partial charge in [0.15, 0.2) is 0 Å². The Morgan fingerprint density at radius 3 is 2.09 bits per heavy atom. The molecule has 1 atom stereocenters. The Kier molecular flexibility index (Phi) is 6.12. The van der Waals surface area contributed by atoms with E-state index in [0.29, 0.717) is 22.5 Å². The molecule has 0 saturated carbocycles. The largest absolute Gasteiger partial charge is 0.340 e. The first kappa shape index (κ1) is 21.1. The van der Waals surface area contributed by atoms with Gasteiger partial charge < -0.3 is 15.5 Å². The first-order chi connectivity index (χ1) is 15.5. The van der Waals surface area contributed by atoms with Crippen LogP contribution in [0.4, 0.5) is 5.69 Å². The van der Waals surface area contributed by atoms with Gasteiger partial charge in [-0.25, -0.2) is 0 Å². The first-order valence-electron chi connectivity index (χ1n) is 10.3. The Hall–Kier alpha value is -4.19. The van der Waals surface area contributed by atoms with E-state index in [1.807, 2.05) is 48.5 Å². The van der Waals surface area contributed by atoms with Crippen molar-refractivity contribution in [2.75, 3.05) is 11.9 Å². The number of hydrogen-bond acceptors (Lipinski definition) is 3. The van der Waals surface area contributed by atoms with Crippen molar-refractivity contribution >= 4 is 29.1 Å². The normalized spacial score (nSPS) is 13.4.